The van der Waals surface area contributed by atoms with Crippen molar-refractivity contribution in [3.05, 3.63) is 152 Å². The molecule has 7 aromatic carbocycles. The average molecular weight is 604 g/mol. The maximum Gasteiger partial charge on any atom is 0.0783 e. The van der Waals surface area contributed by atoms with Crippen molar-refractivity contribution in [2.75, 3.05) is 4.90 Å². The zero-order valence-corrected chi connectivity index (χ0v) is 25.5. The minimum Gasteiger partial charge on any atom is -0.309 e. The van der Waals surface area contributed by atoms with Crippen LogP contribution in [-0.2, 0) is 0 Å². The molecule has 4 heteroatoms. The van der Waals surface area contributed by atoms with Crippen LogP contribution in [0.5, 0.6) is 0 Å². The second kappa shape index (κ2) is 8.87. The summed E-state index contributed by atoms with van der Waals surface area (Å²) in [4.78, 5) is 2.46. The van der Waals surface area contributed by atoms with E-state index in [1.165, 1.54) is 92.2 Å². The molecule has 0 bridgehead atoms. The van der Waals surface area contributed by atoms with Gasteiger partial charge in [0.1, 0.15) is 0 Å². The molecule has 0 N–H and O–H groups in total. The molecule has 1 aliphatic heterocycles. The monoisotopic (exact) mass is 603 g/mol. The molecular weight excluding hydrogens is 579 g/mol. The number of aromatic nitrogens is 2. The Hall–Kier alpha value is -5.84. The molecule has 3 nitrogen and oxygen atoms in total. The summed E-state index contributed by atoms with van der Waals surface area (Å²) >= 11 is 1.87. The Labute approximate surface area is 268 Å². The summed E-state index contributed by atoms with van der Waals surface area (Å²) in [6.45, 7) is 0. The van der Waals surface area contributed by atoms with Gasteiger partial charge in [0.25, 0.3) is 0 Å². The topological polar surface area (TPSA) is 13.1 Å². The van der Waals surface area contributed by atoms with E-state index in [0.717, 1.165) is 0 Å². The second-order valence-corrected chi connectivity index (χ2v) is 13.3. The highest BCUT2D eigenvalue weighted by molar-refractivity contribution is 7.25. The lowest BCUT2D eigenvalue weighted by atomic mass is 10.1. The van der Waals surface area contributed by atoms with Crippen LogP contribution in [-0.4, -0.2) is 9.13 Å². The SMILES string of the molecule is c1ccc(-n2c3ccccc3c3cc4c5cccc6c5n(c4cc32)-c2ccccc2N6c2ccc3sc4ccccc4c3c2)cc1. The summed E-state index contributed by atoms with van der Waals surface area (Å²) < 4.78 is 7.56. The molecular formula is C42H25N3S. The molecule has 0 unspecified atom stereocenters. The van der Waals surface area contributed by atoms with Crippen LogP contribution < -0.4 is 4.90 Å². The van der Waals surface area contributed by atoms with E-state index in [0.29, 0.717) is 0 Å². The average Bonchev–Trinajstić information content (AvgIpc) is 3.76. The van der Waals surface area contributed by atoms with Crippen molar-refractivity contribution in [2.24, 2.45) is 0 Å². The number of hydrogen-bond acceptors (Lipinski definition) is 2. The molecule has 11 rings (SSSR count). The van der Waals surface area contributed by atoms with Crippen molar-refractivity contribution in [2.45, 2.75) is 0 Å². The maximum absolute atomic E-state index is 2.50. The van der Waals surface area contributed by atoms with Gasteiger partial charge in [0, 0.05) is 53.1 Å². The molecule has 3 aromatic heterocycles. The van der Waals surface area contributed by atoms with Crippen LogP contribution in [0.3, 0.4) is 0 Å². The van der Waals surface area contributed by atoms with Gasteiger partial charge in [-0.15, -0.1) is 11.3 Å². The van der Waals surface area contributed by atoms with E-state index in [-0.39, 0.29) is 0 Å². The van der Waals surface area contributed by atoms with Gasteiger partial charge in [-0.25, -0.2) is 0 Å². The largest absolute Gasteiger partial charge is 0.309 e. The minimum absolute atomic E-state index is 1.17. The number of thiophene rings is 1. The third-order valence-corrected chi connectivity index (χ3v) is 10.9. The summed E-state index contributed by atoms with van der Waals surface area (Å²) in [5, 5.41) is 7.72. The second-order valence-electron chi connectivity index (χ2n) is 12.2. The fourth-order valence-corrected chi connectivity index (χ4v) is 8.98. The van der Waals surface area contributed by atoms with Gasteiger partial charge < -0.3 is 14.0 Å². The molecule has 1 aliphatic rings. The number of nitrogens with zero attached hydrogens (tertiary/aromatic N) is 3. The van der Waals surface area contributed by atoms with Crippen molar-refractivity contribution in [3.63, 3.8) is 0 Å². The van der Waals surface area contributed by atoms with Gasteiger partial charge in [-0.1, -0.05) is 78.9 Å². The Morgan fingerprint density at radius 2 is 1.02 bits per heavy atom. The Kier molecular flexibility index (Phi) is 4.72. The van der Waals surface area contributed by atoms with Crippen molar-refractivity contribution < 1.29 is 0 Å². The fraction of sp³-hybridized carbons (Fsp3) is 0. The number of hydrogen-bond donors (Lipinski definition) is 0. The van der Waals surface area contributed by atoms with Crippen LogP contribution >= 0.6 is 11.3 Å². The van der Waals surface area contributed by atoms with Gasteiger partial charge in [0.15, 0.2) is 0 Å². The highest BCUT2D eigenvalue weighted by Crippen LogP contribution is 2.51. The zero-order chi connectivity index (χ0) is 29.9. The number of para-hydroxylation sites is 5. The highest BCUT2D eigenvalue weighted by Gasteiger charge is 2.29. The summed E-state index contributed by atoms with van der Waals surface area (Å²) in [6.07, 6.45) is 0. The number of benzene rings is 7. The van der Waals surface area contributed by atoms with Crippen molar-refractivity contribution in [1.82, 2.24) is 9.13 Å². The molecule has 10 aromatic rings. The summed E-state index contributed by atoms with van der Waals surface area (Å²) in [7, 11) is 0. The Morgan fingerprint density at radius 3 is 1.93 bits per heavy atom. The van der Waals surface area contributed by atoms with E-state index in [1.807, 2.05) is 11.3 Å². The van der Waals surface area contributed by atoms with E-state index < -0.39 is 0 Å². The lowest BCUT2D eigenvalue weighted by molar-refractivity contribution is 1.11. The smallest absolute Gasteiger partial charge is 0.0783 e. The van der Waals surface area contributed by atoms with Gasteiger partial charge >= 0.3 is 0 Å². The molecule has 0 amide bonds. The zero-order valence-electron chi connectivity index (χ0n) is 24.7. The first-order chi connectivity index (χ1) is 22.8. The molecule has 0 fully saturated rings. The molecule has 0 aliphatic carbocycles. The third-order valence-electron chi connectivity index (χ3n) is 9.80. The van der Waals surface area contributed by atoms with Gasteiger partial charge in [0.05, 0.1) is 39.1 Å². The molecule has 214 valence electrons. The van der Waals surface area contributed by atoms with Crippen LogP contribution in [0.2, 0.25) is 0 Å². The van der Waals surface area contributed by atoms with E-state index in [4.69, 9.17) is 0 Å². The van der Waals surface area contributed by atoms with Gasteiger partial charge in [0.2, 0.25) is 0 Å². The van der Waals surface area contributed by atoms with Gasteiger partial charge in [-0.2, -0.15) is 0 Å². The normalized spacial score (nSPS) is 12.7. The molecule has 0 saturated carbocycles. The number of rotatable bonds is 2. The maximum atomic E-state index is 2.50. The van der Waals surface area contributed by atoms with Crippen LogP contribution in [0.15, 0.2) is 152 Å². The fourth-order valence-electron chi connectivity index (χ4n) is 7.90. The van der Waals surface area contributed by atoms with E-state index in [1.54, 1.807) is 0 Å². The Balaban J connectivity index is 1.25. The molecule has 46 heavy (non-hydrogen) atoms. The number of fused-ring (bicyclic) bond motifs is 11. The predicted molar refractivity (Wildman–Crippen MR) is 196 cm³/mol. The Bertz CT molecular complexity index is 2870. The lowest BCUT2D eigenvalue weighted by Gasteiger charge is -2.33. The van der Waals surface area contributed by atoms with E-state index >= 15 is 0 Å². The number of anilines is 3. The van der Waals surface area contributed by atoms with Gasteiger partial charge in [-0.3, -0.25) is 0 Å². The first-order valence-electron chi connectivity index (χ1n) is 15.7. The molecule has 0 saturated heterocycles. The van der Waals surface area contributed by atoms with Crippen LogP contribution in [0.1, 0.15) is 0 Å². The predicted octanol–water partition coefficient (Wildman–Crippen LogP) is 12.0. The molecule has 0 spiro atoms. The van der Waals surface area contributed by atoms with E-state index in [9.17, 15) is 0 Å². The van der Waals surface area contributed by atoms with Crippen LogP contribution in [0, 0.1) is 0 Å². The third kappa shape index (κ3) is 3.11. The minimum atomic E-state index is 1.17. The quantitative estimate of drug-likeness (QED) is 0.192. The van der Waals surface area contributed by atoms with Gasteiger partial charge in [-0.05, 0) is 72.8 Å². The van der Waals surface area contributed by atoms with E-state index in [2.05, 4.69) is 166 Å². The molecule has 4 heterocycles. The van der Waals surface area contributed by atoms with Crippen molar-refractivity contribution in [3.8, 4) is 11.4 Å². The summed E-state index contributed by atoms with van der Waals surface area (Å²) in [5.74, 6) is 0. The first kappa shape index (κ1) is 24.5. The van der Waals surface area contributed by atoms with Crippen LogP contribution in [0.4, 0.5) is 17.1 Å². The molecule has 0 radical (unpaired) electrons. The highest BCUT2D eigenvalue weighted by atomic mass is 32.1. The molecule has 0 atom stereocenters. The first-order valence-corrected chi connectivity index (χ1v) is 16.5. The summed E-state index contributed by atoms with van der Waals surface area (Å²) in [5.41, 5.74) is 10.8. The van der Waals surface area contributed by atoms with Crippen LogP contribution in [0.25, 0.3) is 75.2 Å². The van der Waals surface area contributed by atoms with Crippen molar-refractivity contribution in [1.29, 1.82) is 0 Å². The lowest BCUT2D eigenvalue weighted by Crippen LogP contribution is -2.17. The Morgan fingerprint density at radius 1 is 0.348 bits per heavy atom. The summed E-state index contributed by atoms with van der Waals surface area (Å²) in [6, 6.07) is 55.7. The standard InChI is InChI=1S/C42H25N3S/c1-2-11-26(12-3-1)43-34-16-6-4-13-28(34)31-24-32-30-15-10-19-37-42(30)45(39(32)25-38(31)43)36-18-8-7-17-35(36)44(37)27-21-22-41-33(23-27)29-14-5-9-20-40(29)46-41/h1-25H. The van der Waals surface area contributed by atoms with Crippen molar-refractivity contribution >= 4 is 92.2 Å².